The van der Waals surface area contributed by atoms with Gasteiger partial charge >= 0.3 is 0 Å². The number of H-pyrrole nitrogens is 1. The maximum atomic E-state index is 12.9. The zero-order valence-corrected chi connectivity index (χ0v) is 20.3. The third kappa shape index (κ3) is 4.77. The lowest BCUT2D eigenvalue weighted by Gasteiger charge is -2.28. The van der Waals surface area contributed by atoms with Gasteiger partial charge in [0.15, 0.2) is 11.0 Å². The standard InChI is InChI=1S/C24H30N6O2S/c1-15(2)24(4,14-25)27-22(31)16(3)33-23-29-28-21(30(23)13-17-8-7-11-32-17)19-12-26-20-10-6-5-9-18(19)20/h5-6,9-10,12,15-17,26H,7-8,11,13H2,1-4H3,(H,27,31). The summed E-state index contributed by atoms with van der Waals surface area (Å²) in [7, 11) is 0. The predicted octanol–water partition coefficient (Wildman–Crippen LogP) is 4.14. The third-order valence-corrected chi connectivity index (χ3v) is 7.46. The molecule has 33 heavy (non-hydrogen) atoms. The molecule has 3 aromatic rings. The Bertz CT molecular complexity index is 1170. The highest BCUT2D eigenvalue weighted by Crippen LogP contribution is 2.32. The molecule has 1 saturated heterocycles. The number of carbonyl (C=O) groups excluding carboxylic acids is 1. The Kier molecular flexibility index (Phi) is 6.77. The second-order valence-electron chi connectivity index (χ2n) is 9.02. The van der Waals surface area contributed by atoms with Crippen LogP contribution in [0, 0.1) is 17.2 Å². The second kappa shape index (κ2) is 9.57. The number of hydrogen-bond donors (Lipinski definition) is 2. The van der Waals surface area contributed by atoms with Crippen LogP contribution in [0.4, 0.5) is 0 Å². The lowest BCUT2D eigenvalue weighted by atomic mass is 9.90. The van der Waals surface area contributed by atoms with Gasteiger partial charge < -0.3 is 15.0 Å². The highest BCUT2D eigenvalue weighted by Gasteiger charge is 2.33. The van der Waals surface area contributed by atoms with Gasteiger partial charge in [0, 0.05) is 29.3 Å². The number of fused-ring (bicyclic) bond motifs is 1. The first-order chi connectivity index (χ1) is 15.8. The van der Waals surface area contributed by atoms with Crippen LogP contribution in [0.3, 0.4) is 0 Å². The van der Waals surface area contributed by atoms with Gasteiger partial charge in [0.1, 0.15) is 5.54 Å². The van der Waals surface area contributed by atoms with Gasteiger partial charge in [0.05, 0.1) is 24.0 Å². The molecule has 1 aliphatic rings. The average molecular weight is 467 g/mol. The van der Waals surface area contributed by atoms with Crippen LogP contribution in [-0.4, -0.2) is 49.2 Å². The smallest absolute Gasteiger partial charge is 0.234 e. The van der Waals surface area contributed by atoms with E-state index < -0.39 is 10.8 Å². The molecule has 9 heteroatoms. The van der Waals surface area contributed by atoms with Crippen LogP contribution in [0.1, 0.15) is 40.5 Å². The number of nitrogens with zero attached hydrogens (tertiary/aromatic N) is 4. The Morgan fingerprint density at radius 1 is 1.39 bits per heavy atom. The fourth-order valence-corrected chi connectivity index (χ4v) is 4.72. The summed E-state index contributed by atoms with van der Waals surface area (Å²) in [5, 5.41) is 22.7. The summed E-state index contributed by atoms with van der Waals surface area (Å²) < 4.78 is 7.95. The maximum absolute atomic E-state index is 12.9. The zero-order chi connectivity index (χ0) is 23.6. The van der Waals surface area contributed by atoms with Crippen LogP contribution < -0.4 is 5.32 Å². The number of aromatic amines is 1. The number of nitriles is 1. The zero-order valence-electron chi connectivity index (χ0n) is 19.5. The van der Waals surface area contributed by atoms with Crippen molar-refractivity contribution in [2.24, 2.45) is 5.92 Å². The summed E-state index contributed by atoms with van der Waals surface area (Å²) in [6, 6.07) is 10.3. The molecule has 174 valence electrons. The maximum Gasteiger partial charge on any atom is 0.234 e. The Hall–Kier alpha value is -2.83. The molecule has 1 amide bonds. The number of carbonyl (C=O) groups is 1. The van der Waals surface area contributed by atoms with Crippen LogP contribution in [-0.2, 0) is 16.1 Å². The Morgan fingerprint density at radius 3 is 2.88 bits per heavy atom. The third-order valence-electron chi connectivity index (χ3n) is 6.38. The number of benzene rings is 1. The number of amides is 1. The SMILES string of the molecule is CC(Sc1nnc(-c2c[nH]c3ccccc23)n1CC1CCCO1)C(=O)NC(C)(C#N)C(C)C. The molecule has 4 rings (SSSR count). The molecule has 0 aliphatic carbocycles. The summed E-state index contributed by atoms with van der Waals surface area (Å²) in [5.74, 6) is 0.542. The van der Waals surface area contributed by atoms with Crippen LogP contribution in [0.15, 0.2) is 35.6 Å². The molecule has 3 atom stereocenters. The van der Waals surface area contributed by atoms with Crippen molar-refractivity contribution in [1.29, 1.82) is 5.26 Å². The van der Waals surface area contributed by atoms with Crippen molar-refractivity contribution in [3.05, 3.63) is 30.5 Å². The number of nitrogens with one attached hydrogen (secondary N) is 2. The van der Waals surface area contributed by atoms with Crippen molar-refractivity contribution in [3.8, 4) is 17.5 Å². The van der Waals surface area contributed by atoms with E-state index >= 15 is 0 Å². The summed E-state index contributed by atoms with van der Waals surface area (Å²) in [5.41, 5.74) is 1.08. The minimum atomic E-state index is -0.924. The van der Waals surface area contributed by atoms with Crippen LogP contribution in [0.2, 0.25) is 0 Å². The Morgan fingerprint density at radius 2 is 2.18 bits per heavy atom. The molecule has 1 aliphatic heterocycles. The van der Waals surface area contributed by atoms with Crippen molar-refractivity contribution >= 4 is 28.6 Å². The lowest BCUT2D eigenvalue weighted by molar-refractivity contribution is -0.121. The van der Waals surface area contributed by atoms with E-state index in [1.54, 1.807) is 6.92 Å². The van der Waals surface area contributed by atoms with Gasteiger partial charge in [-0.15, -0.1) is 10.2 Å². The second-order valence-corrected chi connectivity index (χ2v) is 10.3. The monoisotopic (exact) mass is 466 g/mol. The first-order valence-electron chi connectivity index (χ1n) is 11.3. The number of hydrogen-bond acceptors (Lipinski definition) is 6. The first-order valence-corrected chi connectivity index (χ1v) is 12.2. The molecule has 1 fully saturated rings. The molecule has 0 spiro atoms. The molecule has 2 N–H and O–H groups in total. The fraction of sp³-hybridized carbons (Fsp3) is 0.500. The minimum absolute atomic E-state index is 0.0136. The average Bonchev–Trinajstić information content (AvgIpc) is 3.54. The van der Waals surface area contributed by atoms with E-state index in [-0.39, 0.29) is 17.9 Å². The van der Waals surface area contributed by atoms with Gasteiger partial charge in [0.2, 0.25) is 5.91 Å². The molecule has 3 heterocycles. The lowest BCUT2D eigenvalue weighted by Crippen LogP contribution is -2.51. The number of aromatic nitrogens is 4. The van der Waals surface area contributed by atoms with E-state index in [4.69, 9.17) is 4.74 Å². The Balaban J connectivity index is 1.63. The van der Waals surface area contributed by atoms with Gasteiger partial charge in [-0.1, -0.05) is 43.8 Å². The Labute approximate surface area is 198 Å². The summed E-state index contributed by atoms with van der Waals surface area (Å²) in [6.07, 6.45) is 4.07. The molecular formula is C24H30N6O2S. The summed E-state index contributed by atoms with van der Waals surface area (Å²) >= 11 is 1.35. The van der Waals surface area contributed by atoms with Gasteiger partial charge in [0.25, 0.3) is 0 Å². The van der Waals surface area contributed by atoms with Gasteiger partial charge in [-0.3, -0.25) is 9.36 Å². The largest absolute Gasteiger partial charge is 0.376 e. The molecule has 0 radical (unpaired) electrons. The van der Waals surface area contributed by atoms with Crippen LogP contribution in [0.5, 0.6) is 0 Å². The van der Waals surface area contributed by atoms with E-state index in [9.17, 15) is 10.1 Å². The van der Waals surface area contributed by atoms with Gasteiger partial charge in [-0.25, -0.2) is 0 Å². The van der Waals surface area contributed by atoms with Crippen molar-refractivity contribution in [3.63, 3.8) is 0 Å². The minimum Gasteiger partial charge on any atom is -0.376 e. The van der Waals surface area contributed by atoms with E-state index in [0.717, 1.165) is 41.7 Å². The van der Waals surface area contributed by atoms with Crippen molar-refractivity contribution < 1.29 is 9.53 Å². The van der Waals surface area contributed by atoms with Crippen LogP contribution in [0.25, 0.3) is 22.3 Å². The number of ether oxygens (including phenoxy) is 1. The molecule has 2 aromatic heterocycles. The normalized spacial score (nSPS) is 18.8. The van der Waals surface area contributed by atoms with Crippen molar-refractivity contribution in [1.82, 2.24) is 25.1 Å². The van der Waals surface area contributed by atoms with E-state index in [0.29, 0.717) is 11.7 Å². The highest BCUT2D eigenvalue weighted by atomic mass is 32.2. The molecule has 8 nitrogen and oxygen atoms in total. The van der Waals surface area contributed by atoms with E-state index in [2.05, 4.69) is 37.2 Å². The predicted molar refractivity (Wildman–Crippen MR) is 129 cm³/mol. The summed E-state index contributed by atoms with van der Waals surface area (Å²) in [4.78, 5) is 16.2. The van der Waals surface area contributed by atoms with E-state index in [1.165, 1.54) is 11.8 Å². The van der Waals surface area contributed by atoms with Crippen molar-refractivity contribution in [2.45, 2.75) is 69.1 Å². The number of rotatable bonds is 8. The van der Waals surface area contributed by atoms with E-state index in [1.807, 2.05) is 45.2 Å². The summed E-state index contributed by atoms with van der Waals surface area (Å²) in [6.45, 7) is 8.81. The van der Waals surface area contributed by atoms with Crippen molar-refractivity contribution in [2.75, 3.05) is 6.61 Å². The molecule has 0 saturated carbocycles. The molecule has 3 unspecified atom stereocenters. The fourth-order valence-electron chi connectivity index (χ4n) is 3.86. The quantitative estimate of drug-likeness (QED) is 0.483. The van der Waals surface area contributed by atoms with Gasteiger partial charge in [-0.2, -0.15) is 5.26 Å². The molecule has 0 bridgehead atoms. The van der Waals surface area contributed by atoms with Crippen LogP contribution >= 0.6 is 11.8 Å². The number of thioether (sulfide) groups is 1. The molecular weight excluding hydrogens is 436 g/mol. The topological polar surface area (TPSA) is 109 Å². The number of para-hydroxylation sites is 1. The van der Waals surface area contributed by atoms with Gasteiger partial charge in [-0.05, 0) is 38.7 Å². The first kappa shape index (κ1) is 23.3. The molecule has 1 aromatic carbocycles. The highest BCUT2D eigenvalue weighted by molar-refractivity contribution is 8.00.